The summed E-state index contributed by atoms with van der Waals surface area (Å²) in [6.07, 6.45) is 1.02. The van der Waals surface area contributed by atoms with Gasteiger partial charge in [-0.05, 0) is 30.5 Å². The summed E-state index contributed by atoms with van der Waals surface area (Å²) in [5.41, 5.74) is 3.30. The highest BCUT2D eigenvalue weighted by atomic mass is 35.5. The molecule has 0 aliphatic heterocycles. The van der Waals surface area contributed by atoms with Crippen molar-refractivity contribution in [3.05, 3.63) is 70.6 Å². The minimum absolute atomic E-state index is 0.0953. The van der Waals surface area contributed by atoms with Crippen molar-refractivity contribution in [2.24, 2.45) is 0 Å². The molecule has 0 unspecified atom stereocenters. The number of nitrogens with zero attached hydrogens (tertiary/aromatic N) is 2. The van der Waals surface area contributed by atoms with Crippen LogP contribution in [-0.4, -0.2) is 10.1 Å². The number of rotatable bonds is 6. The van der Waals surface area contributed by atoms with E-state index in [2.05, 4.69) is 41.4 Å². The second-order valence-corrected chi connectivity index (χ2v) is 6.09. The molecule has 3 rings (SSSR count). The van der Waals surface area contributed by atoms with Gasteiger partial charge in [0.2, 0.25) is 11.7 Å². The molecule has 1 heterocycles. The van der Waals surface area contributed by atoms with Crippen molar-refractivity contribution in [1.29, 1.82) is 0 Å². The quantitative estimate of drug-likeness (QED) is 0.699. The van der Waals surface area contributed by atoms with Gasteiger partial charge >= 0.3 is 0 Å². The van der Waals surface area contributed by atoms with Crippen LogP contribution in [0.5, 0.6) is 0 Å². The van der Waals surface area contributed by atoms with Crippen molar-refractivity contribution in [1.82, 2.24) is 15.5 Å². The first-order valence-electron chi connectivity index (χ1n) is 8.07. The molecule has 1 atom stereocenters. The van der Waals surface area contributed by atoms with Gasteiger partial charge in [-0.2, -0.15) is 4.98 Å². The Bertz CT molecular complexity index is 798. The van der Waals surface area contributed by atoms with E-state index in [9.17, 15) is 0 Å². The SMILES string of the molecule is CCc1ccc(-c2noc(CN[C@@H](C)c3ccccc3Cl)n2)cc1. The van der Waals surface area contributed by atoms with Crippen LogP contribution in [-0.2, 0) is 13.0 Å². The highest BCUT2D eigenvalue weighted by Crippen LogP contribution is 2.22. The van der Waals surface area contributed by atoms with E-state index in [1.54, 1.807) is 0 Å². The Morgan fingerprint density at radius 2 is 1.88 bits per heavy atom. The molecule has 0 bridgehead atoms. The summed E-state index contributed by atoms with van der Waals surface area (Å²) in [7, 11) is 0. The van der Waals surface area contributed by atoms with Crippen LogP contribution in [0.2, 0.25) is 5.02 Å². The van der Waals surface area contributed by atoms with E-state index in [4.69, 9.17) is 16.1 Å². The van der Waals surface area contributed by atoms with Crippen LogP contribution < -0.4 is 5.32 Å². The topological polar surface area (TPSA) is 51.0 Å². The van der Waals surface area contributed by atoms with Gasteiger partial charge in [-0.1, -0.05) is 66.1 Å². The van der Waals surface area contributed by atoms with Gasteiger partial charge in [0.25, 0.3) is 0 Å². The standard InChI is InChI=1S/C19H20ClN3O/c1-3-14-8-10-15(11-9-14)19-22-18(24-23-19)12-21-13(2)16-6-4-5-7-17(16)20/h4-11,13,21H,3,12H2,1-2H3/t13-/m0/s1. The first kappa shape index (κ1) is 16.7. The van der Waals surface area contributed by atoms with Crippen LogP contribution in [0.15, 0.2) is 53.1 Å². The van der Waals surface area contributed by atoms with Crippen LogP contribution in [0.1, 0.15) is 36.9 Å². The van der Waals surface area contributed by atoms with Gasteiger partial charge in [-0.25, -0.2) is 0 Å². The molecule has 0 saturated heterocycles. The van der Waals surface area contributed by atoms with Gasteiger partial charge in [0.05, 0.1) is 6.54 Å². The van der Waals surface area contributed by atoms with Gasteiger partial charge in [-0.15, -0.1) is 0 Å². The fourth-order valence-electron chi connectivity index (χ4n) is 2.51. The van der Waals surface area contributed by atoms with Crippen LogP contribution in [0, 0.1) is 0 Å². The molecular weight excluding hydrogens is 322 g/mol. The average molecular weight is 342 g/mol. The molecule has 0 saturated carbocycles. The molecule has 3 aromatic rings. The van der Waals surface area contributed by atoms with E-state index in [0.29, 0.717) is 18.3 Å². The highest BCUT2D eigenvalue weighted by molar-refractivity contribution is 6.31. The van der Waals surface area contributed by atoms with Crippen molar-refractivity contribution < 1.29 is 4.52 Å². The predicted molar refractivity (Wildman–Crippen MR) is 95.8 cm³/mol. The Hall–Kier alpha value is -2.17. The highest BCUT2D eigenvalue weighted by Gasteiger charge is 2.12. The maximum absolute atomic E-state index is 6.22. The predicted octanol–water partition coefficient (Wildman–Crippen LogP) is 4.80. The number of aromatic nitrogens is 2. The summed E-state index contributed by atoms with van der Waals surface area (Å²) in [5.74, 6) is 1.17. The van der Waals surface area contributed by atoms with Crippen LogP contribution in [0.25, 0.3) is 11.4 Å². The Balaban J connectivity index is 1.64. The second kappa shape index (κ2) is 7.60. The number of benzene rings is 2. The maximum atomic E-state index is 6.22. The van der Waals surface area contributed by atoms with Crippen molar-refractivity contribution in [3.63, 3.8) is 0 Å². The first-order chi connectivity index (χ1) is 11.7. The third-order valence-corrected chi connectivity index (χ3v) is 4.36. The van der Waals surface area contributed by atoms with Gasteiger partial charge in [0.15, 0.2) is 0 Å². The Morgan fingerprint density at radius 1 is 1.12 bits per heavy atom. The van der Waals surface area contributed by atoms with E-state index < -0.39 is 0 Å². The number of halogens is 1. The molecule has 2 aromatic carbocycles. The van der Waals surface area contributed by atoms with Crippen molar-refractivity contribution >= 4 is 11.6 Å². The van der Waals surface area contributed by atoms with E-state index >= 15 is 0 Å². The molecule has 0 aliphatic carbocycles. The smallest absolute Gasteiger partial charge is 0.240 e. The summed E-state index contributed by atoms with van der Waals surface area (Å²) < 4.78 is 5.34. The molecule has 0 aliphatic rings. The van der Waals surface area contributed by atoms with Crippen molar-refractivity contribution in [3.8, 4) is 11.4 Å². The maximum Gasteiger partial charge on any atom is 0.240 e. The van der Waals surface area contributed by atoms with E-state index in [0.717, 1.165) is 22.6 Å². The normalized spacial score (nSPS) is 12.3. The summed E-state index contributed by atoms with van der Waals surface area (Å²) in [6, 6.07) is 16.1. The minimum atomic E-state index is 0.0953. The molecule has 1 N–H and O–H groups in total. The lowest BCUT2D eigenvalue weighted by Crippen LogP contribution is -2.18. The molecule has 4 nitrogen and oxygen atoms in total. The molecule has 24 heavy (non-hydrogen) atoms. The zero-order valence-corrected chi connectivity index (χ0v) is 14.5. The van der Waals surface area contributed by atoms with E-state index in [1.165, 1.54) is 5.56 Å². The molecule has 0 fully saturated rings. The summed E-state index contributed by atoms with van der Waals surface area (Å²) >= 11 is 6.22. The largest absolute Gasteiger partial charge is 0.338 e. The van der Waals surface area contributed by atoms with E-state index in [-0.39, 0.29) is 6.04 Å². The van der Waals surface area contributed by atoms with Crippen LogP contribution in [0.4, 0.5) is 0 Å². The van der Waals surface area contributed by atoms with Gasteiger partial charge < -0.3 is 9.84 Å². The molecule has 1 aromatic heterocycles. The second-order valence-electron chi connectivity index (χ2n) is 5.69. The number of hydrogen-bond donors (Lipinski definition) is 1. The number of hydrogen-bond acceptors (Lipinski definition) is 4. The number of nitrogens with one attached hydrogen (secondary N) is 1. The third-order valence-electron chi connectivity index (χ3n) is 4.02. The molecule has 0 amide bonds. The van der Waals surface area contributed by atoms with Gasteiger partial charge in [0.1, 0.15) is 0 Å². The lowest BCUT2D eigenvalue weighted by atomic mass is 10.1. The zero-order chi connectivity index (χ0) is 16.9. The number of aryl methyl sites for hydroxylation is 1. The summed E-state index contributed by atoms with van der Waals surface area (Å²) in [6.45, 7) is 4.68. The molecule has 5 heteroatoms. The Morgan fingerprint density at radius 3 is 2.58 bits per heavy atom. The monoisotopic (exact) mass is 341 g/mol. The minimum Gasteiger partial charge on any atom is -0.338 e. The van der Waals surface area contributed by atoms with E-state index in [1.807, 2.05) is 36.4 Å². The molecular formula is C19H20ClN3O. The zero-order valence-electron chi connectivity index (χ0n) is 13.8. The van der Waals surface area contributed by atoms with Gasteiger partial charge in [0, 0.05) is 16.6 Å². The summed E-state index contributed by atoms with van der Waals surface area (Å²) in [4.78, 5) is 4.45. The third kappa shape index (κ3) is 3.83. The lowest BCUT2D eigenvalue weighted by molar-refractivity contribution is 0.360. The van der Waals surface area contributed by atoms with Crippen LogP contribution in [0.3, 0.4) is 0 Å². The van der Waals surface area contributed by atoms with Crippen LogP contribution >= 0.6 is 11.6 Å². The van der Waals surface area contributed by atoms with Gasteiger partial charge in [-0.3, -0.25) is 0 Å². The average Bonchev–Trinajstić information content (AvgIpc) is 3.09. The van der Waals surface area contributed by atoms with Crippen molar-refractivity contribution in [2.75, 3.05) is 0 Å². The fraction of sp³-hybridized carbons (Fsp3) is 0.263. The lowest BCUT2D eigenvalue weighted by Gasteiger charge is -2.13. The summed E-state index contributed by atoms with van der Waals surface area (Å²) in [5, 5.41) is 8.17. The van der Waals surface area contributed by atoms with Crippen molar-refractivity contribution in [2.45, 2.75) is 32.9 Å². The Labute approximate surface area is 146 Å². The fourth-order valence-corrected chi connectivity index (χ4v) is 2.81. The Kier molecular flexibility index (Phi) is 5.28. The molecule has 0 spiro atoms. The molecule has 124 valence electrons. The molecule has 0 radical (unpaired) electrons. The first-order valence-corrected chi connectivity index (χ1v) is 8.45.